The van der Waals surface area contributed by atoms with Gasteiger partial charge < -0.3 is 10.2 Å². The molecule has 1 aliphatic rings. The Hall–Kier alpha value is -0.870. The summed E-state index contributed by atoms with van der Waals surface area (Å²) < 4.78 is 0. The van der Waals surface area contributed by atoms with Crippen LogP contribution in [0.3, 0.4) is 0 Å². The van der Waals surface area contributed by atoms with Crippen LogP contribution < -0.4 is 5.32 Å². The number of anilines is 1. The number of aromatic nitrogens is 2. The van der Waals surface area contributed by atoms with E-state index in [2.05, 4.69) is 20.2 Å². The van der Waals surface area contributed by atoms with Crippen molar-refractivity contribution in [3.8, 4) is 0 Å². The molecular weight excluding hydrogens is 236 g/mol. The summed E-state index contributed by atoms with van der Waals surface area (Å²) in [5, 5.41) is 3.66. The average molecular weight is 255 g/mol. The molecule has 1 aliphatic heterocycles. The highest BCUT2D eigenvalue weighted by Gasteiger charge is 2.11. The quantitative estimate of drug-likeness (QED) is 0.837. The third-order valence-electron chi connectivity index (χ3n) is 3.28. The van der Waals surface area contributed by atoms with Crippen LogP contribution in [0.5, 0.6) is 0 Å². The van der Waals surface area contributed by atoms with Crippen molar-refractivity contribution in [1.82, 2.24) is 14.9 Å². The van der Waals surface area contributed by atoms with Gasteiger partial charge in [0.05, 0.1) is 0 Å². The van der Waals surface area contributed by atoms with Gasteiger partial charge in [-0.3, -0.25) is 0 Å². The lowest BCUT2D eigenvalue weighted by Gasteiger charge is -2.16. The highest BCUT2D eigenvalue weighted by atomic mass is 35.5. The molecule has 0 aromatic carbocycles. The van der Waals surface area contributed by atoms with Crippen molar-refractivity contribution >= 4 is 17.4 Å². The number of nitrogens with one attached hydrogen (secondary N) is 1. The largest absolute Gasteiger partial charge is 0.368 e. The van der Waals surface area contributed by atoms with E-state index in [0.29, 0.717) is 5.28 Å². The maximum atomic E-state index is 5.86. The summed E-state index contributed by atoms with van der Waals surface area (Å²) in [4.78, 5) is 10.8. The Balaban J connectivity index is 1.89. The number of nitrogens with zero attached hydrogens (tertiary/aromatic N) is 3. The summed E-state index contributed by atoms with van der Waals surface area (Å²) >= 11 is 5.86. The predicted molar refractivity (Wildman–Crippen MR) is 70.7 cm³/mol. The van der Waals surface area contributed by atoms with Crippen LogP contribution in [0.4, 0.5) is 5.82 Å². The van der Waals surface area contributed by atoms with E-state index in [1.807, 2.05) is 13.8 Å². The van der Waals surface area contributed by atoms with Crippen LogP contribution in [-0.4, -0.2) is 41.0 Å². The number of likely N-dealkylation sites (tertiary alicyclic amines) is 1. The molecule has 1 saturated heterocycles. The predicted octanol–water partition coefficient (Wildman–Crippen LogP) is 2.25. The first-order valence-electron chi connectivity index (χ1n) is 6.14. The van der Waals surface area contributed by atoms with Crippen LogP contribution in [0.25, 0.3) is 0 Å². The molecule has 1 aromatic heterocycles. The molecule has 94 valence electrons. The summed E-state index contributed by atoms with van der Waals surface area (Å²) in [5.74, 6) is 0.863. The van der Waals surface area contributed by atoms with E-state index in [1.165, 1.54) is 25.9 Å². The highest BCUT2D eigenvalue weighted by Crippen LogP contribution is 2.16. The normalized spacial score (nSPS) is 16.4. The van der Waals surface area contributed by atoms with Gasteiger partial charge in [0.2, 0.25) is 5.28 Å². The Morgan fingerprint density at radius 1 is 1.24 bits per heavy atom. The van der Waals surface area contributed by atoms with Gasteiger partial charge in [0.15, 0.2) is 0 Å². The fraction of sp³-hybridized carbons (Fsp3) is 0.667. The van der Waals surface area contributed by atoms with Gasteiger partial charge in [-0.25, -0.2) is 9.97 Å². The van der Waals surface area contributed by atoms with Crippen molar-refractivity contribution in [3.05, 3.63) is 16.5 Å². The van der Waals surface area contributed by atoms with Crippen molar-refractivity contribution in [2.45, 2.75) is 26.7 Å². The molecule has 2 rings (SSSR count). The zero-order valence-electron chi connectivity index (χ0n) is 10.5. The van der Waals surface area contributed by atoms with Gasteiger partial charge in [-0.15, -0.1) is 0 Å². The van der Waals surface area contributed by atoms with Crippen LogP contribution in [0, 0.1) is 13.8 Å². The van der Waals surface area contributed by atoms with Gasteiger partial charge in [0.25, 0.3) is 0 Å². The Bertz CT molecular complexity index is 388. The lowest BCUT2D eigenvalue weighted by molar-refractivity contribution is 0.352. The standard InChI is InChI=1S/C12H19ClN4/c1-9-10(2)15-12(13)16-11(9)14-5-8-17-6-3-4-7-17/h3-8H2,1-2H3,(H,14,15,16). The Labute approximate surface area is 107 Å². The molecule has 0 bridgehead atoms. The first-order chi connectivity index (χ1) is 8.16. The molecule has 17 heavy (non-hydrogen) atoms. The number of rotatable bonds is 4. The second-order valence-electron chi connectivity index (χ2n) is 4.53. The van der Waals surface area contributed by atoms with Gasteiger partial charge in [0.1, 0.15) is 5.82 Å². The van der Waals surface area contributed by atoms with Crippen LogP contribution >= 0.6 is 11.6 Å². The molecule has 5 heteroatoms. The van der Waals surface area contributed by atoms with Crippen molar-refractivity contribution in [2.24, 2.45) is 0 Å². The Morgan fingerprint density at radius 3 is 2.65 bits per heavy atom. The van der Waals surface area contributed by atoms with E-state index in [0.717, 1.165) is 30.2 Å². The second kappa shape index (κ2) is 5.65. The van der Waals surface area contributed by atoms with Gasteiger partial charge in [0, 0.05) is 24.3 Å². The third-order valence-corrected chi connectivity index (χ3v) is 3.45. The third kappa shape index (κ3) is 3.30. The van der Waals surface area contributed by atoms with E-state index < -0.39 is 0 Å². The van der Waals surface area contributed by atoms with Crippen molar-refractivity contribution in [3.63, 3.8) is 0 Å². The zero-order chi connectivity index (χ0) is 12.3. The summed E-state index contributed by atoms with van der Waals surface area (Å²) in [6.45, 7) is 8.40. The van der Waals surface area contributed by atoms with Crippen LogP contribution in [0.1, 0.15) is 24.1 Å². The molecule has 0 aliphatic carbocycles. The van der Waals surface area contributed by atoms with Crippen molar-refractivity contribution in [2.75, 3.05) is 31.5 Å². The molecule has 2 heterocycles. The minimum absolute atomic E-state index is 0.316. The number of halogens is 1. The number of aryl methyl sites for hydroxylation is 1. The molecule has 0 radical (unpaired) electrons. The molecule has 1 fully saturated rings. The summed E-state index contributed by atoms with van der Waals surface area (Å²) in [6.07, 6.45) is 2.66. The molecule has 1 N–H and O–H groups in total. The van der Waals surface area contributed by atoms with Gasteiger partial charge in [-0.2, -0.15) is 0 Å². The topological polar surface area (TPSA) is 41.1 Å². The van der Waals surface area contributed by atoms with E-state index in [1.54, 1.807) is 0 Å². The molecular formula is C12H19ClN4. The van der Waals surface area contributed by atoms with Gasteiger partial charge >= 0.3 is 0 Å². The first kappa shape index (κ1) is 12.6. The molecule has 0 amide bonds. The maximum absolute atomic E-state index is 5.86. The molecule has 0 unspecified atom stereocenters. The van der Waals surface area contributed by atoms with Crippen molar-refractivity contribution < 1.29 is 0 Å². The lowest BCUT2D eigenvalue weighted by atomic mass is 10.2. The first-order valence-corrected chi connectivity index (χ1v) is 6.51. The fourth-order valence-corrected chi connectivity index (χ4v) is 2.32. The summed E-state index contributed by atoms with van der Waals surface area (Å²) in [6, 6.07) is 0. The van der Waals surface area contributed by atoms with E-state index in [4.69, 9.17) is 11.6 Å². The monoisotopic (exact) mass is 254 g/mol. The van der Waals surface area contributed by atoms with Crippen LogP contribution in [-0.2, 0) is 0 Å². The number of hydrogen-bond donors (Lipinski definition) is 1. The SMILES string of the molecule is Cc1nc(Cl)nc(NCCN2CCCC2)c1C. The molecule has 0 atom stereocenters. The smallest absolute Gasteiger partial charge is 0.224 e. The second-order valence-corrected chi connectivity index (χ2v) is 4.87. The van der Waals surface area contributed by atoms with E-state index in [9.17, 15) is 0 Å². The molecule has 0 spiro atoms. The lowest BCUT2D eigenvalue weighted by Crippen LogP contribution is -2.26. The summed E-state index contributed by atoms with van der Waals surface area (Å²) in [5.41, 5.74) is 2.02. The van der Waals surface area contributed by atoms with Gasteiger partial charge in [-0.1, -0.05) is 0 Å². The molecule has 0 saturated carbocycles. The highest BCUT2D eigenvalue weighted by molar-refractivity contribution is 6.28. The fourth-order valence-electron chi connectivity index (χ4n) is 2.11. The van der Waals surface area contributed by atoms with Crippen molar-refractivity contribution in [1.29, 1.82) is 0 Å². The summed E-state index contributed by atoms with van der Waals surface area (Å²) in [7, 11) is 0. The van der Waals surface area contributed by atoms with Gasteiger partial charge in [-0.05, 0) is 51.4 Å². The van der Waals surface area contributed by atoms with E-state index >= 15 is 0 Å². The Kier molecular flexibility index (Phi) is 4.18. The minimum Gasteiger partial charge on any atom is -0.368 e. The zero-order valence-corrected chi connectivity index (χ0v) is 11.2. The van der Waals surface area contributed by atoms with Crippen LogP contribution in [0.15, 0.2) is 0 Å². The minimum atomic E-state index is 0.316. The maximum Gasteiger partial charge on any atom is 0.224 e. The Morgan fingerprint density at radius 2 is 1.94 bits per heavy atom. The number of hydrogen-bond acceptors (Lipinski definition) is 4. The van der Waals surface area contributed by atoms with Crippen LogP contribution in [0.2, 0.25) is 5.28 Å². The molecule has 1 aromatic rings. The molecule has 4 nitrogen and oxygen atoms in total. The average Bonchev–Trinajstić information content (AvgIpc) is 2.78. The van der Waals surface area contributed by atoms with E-state index in [-0.39, 0.29) is 0 Å².